The van der Waals surface area contributed by atoms with Crippen molar-refractivity contribution >= 4 is 17.6 Å². The third kappa shape index (κ3) is 2.88. The van der Waals surface area contributed by atoms with Crippen LogP contribution in [0.2, 0.25) is 0 Å². The van der Waals surface area contributed by atoms with Gasteiger partial charge in [-0.2, -0.15) is 5.10 Å². The number of pyridine rings is 1. The summed E-state index contributed by atoms with van der Waals surface area (Å²) in [6.07, 6.45) is 4.67. The van der Waals surface area contributed by atoms with Crippen molar-refractivity contribution in [1.82, 2.24) is 4.98 Å². The largest absolute Gasteiger partial charge is 0.278 e. The van der Waals surface area contributed by atoms with E-state index in [0.29, 0.717) is 5.56 Å². The summed E-state index contributed by atoms with van der Waals surface area (Å²) in [6, 6.07) is 9.91. The molecule has 0 aliphatic carbocycles. The molecule has 0 fully saturated rings. The quantitative estimate of drug-likeness (QED) is 0.507. The van der Waals surface area contributed by atoms with Crippen LogP contribution in [0.3, 0.4) is 0 Å². The smallest absolute Gasteiger partial charge is 0.278 e. The second-order valence-corrected chi connectivity index (χ2v) is 3.42. The van der Waals surface area contributed by atoms with Gasteiger partial charge in [-0.15, -0.1) is 0 Å². The first kappa shape index (κ1) is 11.7. The summed E-state index contributed by atoms with van der Waals surface area (Å²) in [7, 11) is 0. The van der Waals surface area contributed by atoms with Crippen molar-refractivity contribution in [3.05, 3.63) is 64.5 Å². The Morgan fingerprint density at radius 1 is 1.22 bits per heavy atom. The van der Waals surface area contributed by atoms with Gasteiger partial charge in [-0.05, 0) is 18.2 Å². The second kappa shape index (κ2) is 5.53. The molecule has 0 bridgehead atoms. The lowest BCUT2D eigenvalue weighted by atomic mass is 10.2. The molecule has 0 saturated heterocycles. The highest BCUT2D eigenvalue weighted by atomic mass is 16.6. The number of nitro groups is 1. The van der Waals surface area contributed by atoms with E-state index >= 15 is 0 Å². The number of hydrogen-bond acceptors (Lipinski definition) is 5. The average molecular weight is 242 g/mol. The average Bonchev–Trinajstić information content (AvgIpc) is 2.40. The van der Waals surface area contributed by atoms with Gasteiger partial charge >= 0.3 is 0 Å². The van der Waals surface area contributed by atoms with E-state index in [1.807, 2.05) is 0 Å². The van der Waals surface area contributed by atoms with Crippen LogP contribution in [0.15, 0.2) is 53.9 Å². The number of benzene rings is 1. The van der Waals surface area contributed by atoms with Gasteiger partial charge in [-0.1, -0.05) is 12.1 Å². The fourth-order valence-corrected chi connectivity index (χ4v) is 1.37. The molecular weight excluding hydrogens is 232 g/mol. The number of nitro benzene ring substituents is 1. The Morgan fingerprint density at radius 3 is 2.67 bits per heavy atom. The second-order valence-electron chi connectivity index (χ2n) is 3.42. The summed E-state index contributed by atoms with van der Waals surface area (Å²) in [6.45, 7) is 0. The topological polar surface area (TPSA) is 80.4 Å². The molecule has 1 aromatic carbocycles. The van der Waals surface area contributed by atoms with E-state index in [-0.39, 0.29) is 5.69 Å². The number of hydrogen-bond donors (Lipinski definition) is 1. The number of hydrazone groups is 1. The fraction of sp³-hybridized carbons (Fsp3) is 0. The van der Waals surface area contributed by atoms with Gasteiger partial charge in [0.1, 0.15) is 0 Å². The Kier molecular flexibility index (Phi) is 3.60. The molecule has 18 heavy (non-hydrogen) atoms. The van der Waals surface area contributed by atoms with Crippen LogP contribution in [0.5, 0.6) is 0 Å². The molecule has 1 aromatic heterocycles. The van der Waals surface area contributed by atoms with Crippen molar-refractivity contribution in [1.29, 1.82) is 0 Å². The van der Waals surface area contributed by atoms with E-state index in [4.69, 9.17) is 0 Å². The zero-order valence-corrected chi connectivity index (χ0v) is 9.35. The summed E-state index contributed by atoms with van der Waals surface area (Å²) in [4.78, 5) is 14.2. The first-order chi connectivity index (χ1) is 8.77. The van der Waals surface area contributed by atoms with Crippen molar-refractivity contribution in [2.45, 2.75) is 0 Å². The molecule has 1 N–H and O–H groups in total. The molecule has 0 aliphatic rings. The van der Waals surface area contributed by atoms with Gasteiger partial charge in [-0.3, -0.25) is 20.5 Å². The zero-order chi connectivity index (χ0) is 12.8. The molecule has 2 rings (SSSR count). The van der Waals surface area contributed by atoms with Gasteiger partial charge in [0.05, 0.1) is 22.4 Å². The van der Waals surface area contributed by atoms with E-state index < -0.39 is 4.92 Å². The number of rotatable bonds is 4. The van der Waals surface area contributed by atoms with Crippen molar-refractivity contribution < 1.29 is 4.92 Å². The monoisotopic (exact) mass is 242 g/mol. The number of nitrogens with one attached hydrogen (secondary N) is 1. The van der Waals surface area contributed by atoms with Gasteiger partial charge < -0.3 is 0 Å². The predicted octanol–water partition coefficient (Wildman–Crippen LogP) is 2.44. The molecule has 0 unspecified atom stereocenters. The normalized spacial score (nSPS) is 10.4. The molecule has 2 aromatic rings. The highest BCUT2D eigenvalue weighted by Crippen LogP contribution is 2.15. The van der Waals surface area contributed by atoms with E-state index in [2.05, 4.69) is 15.5 Å². The Morgan fingerprint density at radius 2 is 1.94 bits per heavy atom. The number of para-hydroxylation sites is 1. The highest BCUT2D eigenvalue weighted by molar-refractivity contribution is 5.85. The number of aromatic nitrogens is 1. The molecular formula is C12H10N4O2. The third-order valence-corrected chi connectivity index (χ3v) is 2.21. The van der Waals surface area contributed by atoms with Gasteiger partial charge in [0.15, 0.2) is 0 Å². The van der Waals surface area contributed by atoms with Crippen molar-refractivity contribution in [3.63, 3.8) is 0 Å². The molecule has 0 amide bonds. The van der Waals surface area contributed by atoms with Crippen LogP contribution in [0.25, 0.3) is 0 Å². The molecule has 0 radical (unpaired) electrons. The molecule has 6 heteroatoms. The molecule has 1 heterocycles. The fourth-order valence-electron chi connectivity index (χ4n) is 1.37. The first-order valence-electron chi connectivity index (χ1n) is 5.20. The summed E-state index contributed by atoms with van der Waals surface area (Å²) in [5.41, 5.74) is 4.00. The number of nitrogens with zero attached hydrogens (tertiary/aromatic N) is 3. The third-order valence-electron chi connectivity index (χ3n) is 2.21. The van der Waals surface area contributed by atoms with E-state index in [9.17, 15) is 10.1 Å². The summed E-state index contributed by atoms with van der Waals surface area (Å²) in [5.74, 6) is 0. The maximum absolute atomic E-state index is 10.8. The van der Waals surface area contributed by atoms with Gasteiger partial charge in [0.2, 0.25) is 0 Å². The van der Waals surface area contributed by atoms with Gasteiger partial charge in [0.25, 0.3) is 5.69 Å². The lowest BCUT2D eigenvalue weighted by Crippen LogP contribution is -1.96. The van der Waals surface area contributed by atoms with Crippen molar-refractivity contribution in [3.8, 4) is 0 Å². The van der Waals surface area contributed by atoms with E-state index in [1.165, 1.54) is 12.3 Å². The number of anilines is 1. The van der Waals surface area contributed by atoms with Crippen LogP contribution in [-0.2, 0) is 0 Å². The molecule has 0 atom stereocenters. The van der Waals surface area contributed by atoms with Crippen LogP contribution in [0, 0.1) is 10.1 Å². The lowest BCUT2D eigenvalue weighted by Gasteiger charge is -1.99. The SMILES string of the molecule is O=[N+]([O-])c1ccccc1/C=N\Nc1ccncc1. The van der Waals surface area contributed by atoms with Crippen LogP contribution < -0.4 is 5.43 Å². The minimum Gasteiger partial charge on any atom is -0.278 e. The van der Waals surface area contributed by atoms with Crippen LogP contribution >= 0.6 is 0 Å². The molecule has 0 spiro atoms. The van der Waals surface area contributed by atoms with Crippen LogP contribution in [0.1, 0.15) is 5.56 Å². The lowest BCUT2D eigenvalue weighted by molar-refractivity contribution is -0.385. The molecule has 90 valence electrons. The van der Waals surface area contributed by atoms with Gasteiger partial charge in [-0.25, -0.2) is 0 Å². The summed E-state index contributed by atoms with van der Waals surface area (Å²) < 4.78 is 0. The first-order valence-corrected chi connectivity index (χ1v) is 5.20. The summed E-state index contributed by atoms with van der Waals surface area (Å²) >= 11 is 0. The standard InChI is InChI=1S/C12H10N4O2/c17-16(18)12-4-2-1-3-10(12)9-14-15-11-5-7-13-8-6-11/h1-9H,(H,13,15)/b14-9-. The molecule has 0 aliphatic heterocycles. The Bertz CT molecular complexity index is 569. The zero-order valence-electron chi connectivity index (χ0n) is 9.35. The predicted molar refractivity (Wildman–Crippen MR) is 68.6 cm³/mol. The summed E-state index contributed by atoms with van der Waals surface area (Å²) in [5, 5.41) is 14.7. The maximum atomic E-state index is 10.8. The maximum Gasteiger partial charge on any atom is 0.278 e. The molecule has 0 saturated carbocycles. The van der Waals surface area contributed by atoms with Crippen LogP contribution in [0.4, 0.5) is 11.4 Å². The Labute approximate surface area is 103 Å². The molecule has 6 nitrogen and oxygen atoms in total. The van der Waals surface area contributed by atoms with Crippen molar-refractivity contribution in [2.75, 3.05) is 5.43 Å². The highest BCUT2D eigenvalue weighted by Gasteiger charge is 2.09. The Balaban J connectivity index is 2.12. The Hall–Kier alpha value is -2.76. The van der Waals surface area contributed by atoms with Crippen LogP contribution in [-0.4, -0.2) is 16.1 Å². The van der Waals surface area contributed by atoms with Crippen molar-refractivity contribution in [2.24, 2.45) is 5.10 Å². The minimum atomic E-state index is -0.437. The van der Waals surface area contributed by atoms with Gasteiger partial charge in [0, 0.05) is 18.5 Å². The van der Waals surface area contributed by atoms with E-state index in [1.54, 1.807) is 42.7 Å². The van der Waals surface area contributed by atoms with E-state index in [0.717, 1.165) is 5.69 Å². The minimum absolute atomic E-state index is 0.0257.